The molecule has 0 spiro atoms. The number of anilines is 2. The van der Waals surface area contributed by atoms with E-state index in [2.05, 4.69) is 10.6 Å². The molecule has 0 saturated heterocycles. The Bertz CT molecular complexity index is 632. The molecule has 0 radical (unpaired) electrons. The normalized spacial score (nSPS) is 13.2. The van der Waals surface area contributed by atoms with Crippen molar-refractivity contribution in [1.29, 1.82) is 0 Å². The number of rotatable bonds is 2. The molecular formula is C17H18N2O. The van der Waals surface area contributed by atoms with Gasteiger partial charge in [-0.2, -0.15) is 0 Å². The van der Waals surface area contributed by atoms with Crippen LogP contribution >= 0.6 is 0 Å². The largest absolute Gasteiger partial charge is 0.385 e. The zero-order valence-electron chi connectivity index (χ0n) is 11.6. The number of amides is 1. The van der Waals surface area contributed by atoms with Gasteiger partial charge in [0.1, 0.15) is 0 Å². The molecular weight excluding hydrogens is 248 g/mol. The topological polar surface area (TPSA) is 41.1 Å². The summed E-state index contributed by atoms with van der Waals surface area (Å²) in [6, 6.07) is 13.7. The van der Waals surface area contributed by atoms with Crippen molar-refractivity contribution in [1.82, 2.24) is 0 Å². The Morgan fingerprint density at radius 2 is 1.95 bits per heavy atom. The number of hydrogen-bond acceptors (Lipinski definition) is 2. The van der Waals surface area contributed by atoms with Gasteiger partial charge in [-0.25, -0.2) is 0 Å². The number of fused-ring (bicyclic) bond motifs is 1. The van der Waals surface area contributed by atoms with Crippen LogP contribution in [0, 0.1) is 6.92 Å². The van der Waals surface area contributed by atoms with Crippen molar-refractivity contribution >= 4 is 17.3 Å². The minimum atomic E-state index is -0.0535. The van der Waals surface area contributed by atoms with Crippen molar-refractivity contribution < 1.29 is 4.79 Å². The first-order valence-electron chi connectivity index (χ1n) is 6.97. The van der Waals surface area contributed by atoms with Gasteiger partial charge in [0.15, 0.2) is 0 Å². The van der Waals surface area contributed by atoms with E-state index in [0.717, 1.165) is 30.8 Å². The Labute approximate surface area is 119 Å². The molecule has 0 atom stereocenters. The van der Waals surface area contributed by atoms with Crippen LogP contribution in [0.5, 0.6) is 0 Å². The molecule has 2 N–H and O–H groups in total. The fourth-order valence-corrected chi connectivity index (χ4v) is 2.46. The molecule has 1 aliphatic rings. The van der Waals surface area contributed by atoms with Crippen molar-refractivity contribution in [3.63, 3.8) is 0 Å². The molecule has 2 aromatic carbocycles. The summed E-state index contributed by atoms with van der Waals surface area (Å²) in [6.07, 6.45) is 2.16. The van der Waals surface area contributed by atoms with Crippen LogP contribution < -0.4 is 10.6 Å². The summed E-state index contributed by atoms with van der Waals surface area (Å²) in [5.41, 5.74) is 5.11. The molecule has 3 rings (SSSR count). The Morgan fingerprint density at radius 3 is 2.75 bits per heavy atom. The van der Waals surface area contributed by atoms with Crippen LogP contribution in [0.4, 0.5) is 11.4 Å². The second kappa shape index (κ2) is 5.37. The predicted octanol–water partition coefficient (Wildman–Crippen LogP) is 3.61. The molecule has 0 aromatic heterocycles. The van der Waals surface area contributed by atoms with E-state index in [-0.39, 0.29) is 5.91 Å². The third kappa shape index (κ3) is 2.67. The maximum Gasteiger partial charge on any atom is 0.255 e. The molecule has 1 amide bonds. The van der Waals surface area contributed by atoms with Gasteiger partial charge in [-0.05, 0) is 55.7 Å². The number of hydrogen-bond donors (Lipinski definition) is 2. The minimum absolute atomic E-state index is 0.0535. The van der Waals surface area contributed by atoms with Crippen molar-refractivity contribution in [2.24, 2.45) is 0 Å². The molecule has 0 aliphatic carbocycles. The molecule has 2 aromatic rings. The van der Waals surface area contributed by atoms with E-state index in [0.29, 0.717) is 5.56 Å². The van der Waals surface area contributed by atoms with Crippen LogP contribution in [0.2, 0.25) is 0 Å². The van der Waals surface area contributed by atoms with Crippen molar-refractivity contribution in [3.8, 4) is 0 Å². The minimum Gasteiger partial charge on any atom is -0.385 e. The van der Waals surface area contributed by atoms with Crippen LogP contribution in [-0.2, 0) is 6.42 Å². The predicted molar refractivity (Wildman–Crippen MR) is 82.4 cm³/mol. The molecule has 0 unspecified atom stereocenters. The lowest BCUT2D eigenvalue weighted by Crippen LogP contribution is -2.15. The second-order valence-electron chi connectivity index (χ2n) is 5.22. The van der Waals surface area contributed by atoms with E-state index >= 15 is 0 Å². The van der Waals surface area contributed by atoms with Gasteiger partial charge in [-0.15, -0.1) is 0 Å². The van der Waals surface area contributed by atoms with Gasteiger partial charge in [-0.3, -0.25) is 4.79 Å². The van der Waals surface area contributed by atoms with Gasteiger partial charge in [0.25, 0.3) is 5.91 Å². The van der Waals surface area contributed by atoms with Crippen molar-refractivity contribution in [2.45, 2.75) is 19.8 Å². The lowest BCUT2D eigenvalue weighted by Gasteiger charge is -2.18. The first-order chi connectivity index (χ1) is 9.72. The van der Waals surface area contributed by atoms with Gasteiger partial charge < -0.3 is 10.6 Å². The zero-order valence-corrected chi connectivity index (χ0v) is 11.6. The van der Waals surface area contributed by atoms with E-state index in [1.54, 1.807) is 0 Å². The molecule has 20 heavy (non-hydrogen) atoms. The van der Waals surface area contributed by atoms with Gasteiger partial charge >= 0.3 is 0 Å². The van der Waals surface area contributed by atoms with Gasteiger partial charge in [0.05, 0.1) is 0 Å². The highest BCUT2D eigenvalue weighted by Crippen LogP contribution is 2.23. The van der Waals surface area contributed by atoms with Gasteiger partial charge in [0.2, 0.25) is 0 Å². The Morgan fingerprint density at radius 1 is 1.15 bits per heavy atom. The summed E-state index contributed by atoms with van der Waals surface area (Å²) < 4.78 is 0. The summed E-state index contributed by atoms with van der Waals surface area (Å²) in [5, 5.41) is 6.29. The highest BCUT2D eigenvalue weighted by molar-refractivity contribution is 6.04. The summed E-state index contributed by atoms with van der Waals surface area (Å²) in [4.78, 5) is 12.3. The number of carbonyl (C=O) groups is 1. The van der Waals surface area contributed by atoms with E-state index in [1.807, 2.05) is 49.4 Å². The van der Waals surface area contributed by atoms with E-state index in [9.17, 15) is 4.79 Å². The quantitative estimate of drug-likeness (QED) is 0.872. The molecule has 0 bridgehead atoms. The summed E-state index contributed by atoms with van der Waals surface area (Å²) in [6.45, 7) is 3.05. The zero-order chi connectivity index (χ0) is 13.9. The van der Waals surface area contributed by atoms with Crippen molar-refractivity contribution in [2.75, 3.05) is 17.2 Å². The monoisotopic (exact) mass is 266 g/mol. The summed E-state index contributed by atoms with van der Waals surface area (Å²) in [5.74, 6) is -0.0535. The average Bonchev–Trinajstić information content (AvgIpc) is 2.49. The first-order valence-corrected chi connectivity index (χ1v) is 6.97. The summed E-state index contributed by atoms with van der Waals surface area (Å²) >= 11 is 0. The maximum atomic E-state index is 12.3. The molecule has 3 heteroatoms. The Kier molecular flexibility index (Phi) is 3.42. The second-order valence-corrected chi connectivity index (χ2v) is 5.22. The molecule has 1 aliphatic heterocycles. The van der Waals surface area contributed by atoms with Crippen LogP contribution in [-0.4, -0.2) is 12.5 Å². The number of aryl methyl sites for hydroxylation is 2. The number of benzene rings is 2. The van der Waals surface area contributed by atoms with E-state index < -0.39 is 0 Å². The Hall–Kier alpha value is -2.29. The highest BCUT2D eigenvalue weighted by Gasteiger charge is 2.12. The number of carbonyl (C=O) groups excluding carboxylic acids is 1. The Balaban J connectivity index is 1.78. The smallest absolute Gasteiger partial charge is 0.255 e. The maximum absolute atomic E-state index is 12.3. The fourth-order valence-electron chi connectivity index (χ4n) is 2.46. The first kappa shape index (κ1) is 12.7. The lowest BCUT2D eigenvalue weighted by molar-refractivity contribution is 0.102. The van der Waals surface area contributed by atoms with Crippen LogP contribution in [0.25, 0.3) is 0 Å². The van der Waals surface area contributed by atoms with E-state index in [1.165, 1.54) is 11.1 Å². The van der Waals surface area contributed by atoms with Crippen LogP contribution in [0.15, 0.2) is 42.5 Å². The molecule has 1 heterocycles. The molecule has 3 nitrogen and oxygen atoms in total. The van der Waals surface area contributed by atoms with Crippen molar-refractivity contribution in [3.05, 3.63) is 59.2 Å². The molecule has 0 fully saturated rings. The molecule has 0 saturated carbocycles. The molecule has 102 valence electrons. The van der Waals surface area contributed by atoms with Gasteiger partial charge in [0, 0.05) is 23.5 Å². The van der Waals surface area contributed by atoms with Gasteiger partial charge in [-0.1, -0.05) is 17.7 Å². The van der Waals surface area contributed by atoms with Crippen LogP contribution in [0.1, 0.15) is 27.9 Å². The third-order valence-electron chi connectivity index (χ3n) is 3.62. The van der Waals surface area contributed by atoms with Crippen LogP contribution in [0.3, 0.4) is 0 Å². The average molecular weight is 266 g/mol. The third-order valence-corrected chi connectivity index (χ3v) is 3.62. The standard InChI is InChI=1S/C17H18N2O/c1-12-4-7-15(8-5-12)19-17(20)14-6-9-16-13(11-14)3-2-10-18-16/h4-9,11,18H,2-3,10H2,1H3,(H,19,20). The number of nitrogens with one attached hydrogen (secondary N) is 2. The SMILES string of the molecule is Cc1ccc(NC(=O)c2ccc3c(c2)CCCN3)cc1. The lowest BCUT2D eigenvalue weighted by atomic mass is 10.0. The summed E-state index contributed by atoms with van der Waals surface area (Å²) in [7, 11) is 0. The van der Waals surface area contributed by atoms with E-state index in [4.69, 9.17) is 0 Å². The highest BCUT2D eigenvalue weighted by atomic mass is 16.1. The fraction of sp³-hybridized carbons (Fsp3) is 0.235.